The summed E-state index contributed by atoms with van der Waals surface area (Å²) in [6, 6.07) is 0. The number of aryl methyl sites for hydroxylation is 1. The monoisotopic (exact) mass is 155 g/mol. The van der Waals surface area contributed by atoms with Crippen LogP contribution in [0, 0.1) is 6.92 Å². The van der Waals surface area contributed by atoms with Gasteiger partial charge in [0, 0.05) is 0 Å². The molecule has 0 bridgehead atoms. The molecule has 0 atom stereocenters. The van der Waals surface area contributed by atoms with Crippen molar-refractivity contribution in [2.75, 3.05) is 6.61 Å². The van der Waals surface area contributed by atoms with E-state index in [0.717, 1.165) is 4.68 Å². The number of carbonyl (C=O) groups excluding carboxylic acids is 1. The van der Waals surface area contributed by atoms with Crippen LogP contribution in [0.2, 0.25) is 0 Å². The second kappa shape index (κ2) is 3.14. The van der Waals surface area contributed by atoms with E-state index in [-0.39, 0.29) is 0 Å². The molecule has 0 aromatic carbocycles. The molecule has 0 fully saturated rings. The van der Waals surface area contributed by atoms with E-state index >= 15 is 0 Å². The average Bonchev–Trinajstić information content (AvgIpc) is 2.36. The second-order valence-corrected chi connectivity index (χ2v) is 2.00. The van der Waals surface area contributed by atoms with Crippen molar-refractivity contribution in [3.05, 3.63) is 11.9 Å². The standard InChI is InChI=1S/C6H9N3O2/c1-3-11-6(10)9-4-5(2)7-8-9/h4H,3H2,1-2H3. The van der Waals surface area contributed by atoms with Gasteiger partial charge in [0.1, 0.15) is 0 Å². The molecule has 0 amide bonds. The predicted octanol–water partition coefficient (Wildman–Crippen LogP) is 0.591. The van der Waals surface area contributed by atoms with Gasteiger partial charge in [-0.2, -0.15) is 4.68 Å². The Morgan fingerprint density at radius 1 is 1.82 bits per heavy atom. The van der Waals surface area contributed by atoms with E-state index in [2.05, 4.69) is 15.0 Å². The van der Waals surface area contributed by atoms with Crippen LogP contribution in [0.5, 0.6) is 0 Å². The summed E-state index contributed by atoms with van der Waals surface area (Å²) in [5, 5.41) is 7.16. The minimum absolute atomic E-state index is 0.345. The quantitative estimate of drug-likeness (QED) is 0.595. The van der Waals surface area contributed by atoms with Gasteiger partial charge < -0.3 is 4.74 Å². The third-order valence-corrected chi connectivity index (χ3v) is 1.06. The number of ether oxygens (including phenoxy) is 1. The topological polar surface area (TPSA) is 57.0 Å². The van der Waals surface area contributed by atoms with Gasteiger partial charge in [0.2, 0.25) is 0 Å². The van der Waals surface area contributed by atoms with Gasteiger partial charge in [-0.25, -0.2) is 4.79 Å². The zero-order valence-electron chi connectivity index (χ0n) is 6.44. The Balaban J connectivity index is 2.69. The molecule has 0 saturated carbocycles. The molecule has 0 spiro atoms. The van der Waals surface area contributed by atoms with Crippen LogP contribution in [0.1, 0.15) is 12.6 Å². The first-order valence-electron chi connectivity index (χ1n) is 3.30. The van der Waals surface area contributed by atoms with Gasteiger partial charge >= 0.3 is 6.09 Å². The fourth-order valence-electron chi connectivity index (χ4n) is 0.626. The van der Waals surface area contributed by atoms with Crippen molar-refractivity contribution in [3.63, 3.8) is 0 Å². The molecule has 0 radical (unpaired) electrons. The Labute approximate surface area is 64.0 Å². The van der Waals surface area contributed by atoms with E-state index in [1.165, 1.54) is 6.20 Å². The summed E-state index contributed by atoms with van der Waals surface area (Å²) in [7, 11) is 0. The summed E-state index contributed by atoms with van der Waals surface area (Å²) in [5.74, 6) is 0. The van der Waals surface area contributed by atoms with Gasteiger partial charge in [-0.05, 0) is 13.8 Å². The molecule has 1 rings (SSSR count). The third-order valence-electron chi connectivity index (χ3n) is 1.06. The Morgan fingerprint density at radius 2 is 2.55 bits per heavy atom. The molecule has 0 aliphatic carbocycles. The van der Waals surface area contributed by atoms with Gasteiger partial charge in [-0.15, -0.1) is 5.10 Å². The smallest absolute Gasteiger partial charge is 0.436 e. The van der Waals surface area contributed by atoms with Crippen LogP contribution >= 0.6 is 0 Å². The van der Waals surface area contributed by atoms with E-state index in [1.807, 2.05) is 0 Å². The average molecular weight is 155 g/mol. The molecular formula is C6H9N3O2. The molecule has 1 aromatic heterocycles. The lowest BCUT2D eigenvalue weighted by Crippen LogP contribution is -2.13. The maximum absolute atomic E-state index is 10.9. The van der Waals surface area contributed by atoms with Crippen molar-refractivity contribution in [2.45, 2.75) is 13.8 Å². The first-order valence-corrected chi connectivity index (χ1v) is 3.30. The van der Waals surface area contributed by atoms with Crippen LogP contribution in [0.25, 0.3) is 0 Å². The number of hydrogen-bond acceptors (Lipinski definition) is 4. The minimum Gasteiger partial charge on any atom is -0.448 e. The van der Waals surface area contributed by atoms with Crippen molar-refractivity contribution in [2.24, 2.45) is 0 Å². The highest BCUT2D eigenvalue weighted by atomic mass is 16.6. The SMILES string of the molecule is CCOC(=O)n1cc(C)nn1. The van der Waals surface area contributed by atoms with E-state index < -0.39 is 6.09 Å². The number of aromatic nitrogens is 3. The molecule has 0 saturated heterocycles. The molecule has 0 aliphatic heterocycles. The molecule has 0 unspecified atom stereocenters. The summed E-state index contributed by atoms with van der Waals surface area (Å²) in [5.41, 5.74) is 0.693. The van der Waals surface area contributed by atoms with Crippen molar-refractivity contribution < 1.29 is 9.53 Å². The summed E-state index contributed by atoms with van der Waals surface area (Å²) < 4.78 is 5.73. The second-order valence-electron chi connectivity index (χ2n) is 2.00. The normalized spacial score (nSPS) is 9.64. The fraction of sp³-hybridized carbons (Fsp3) is 0.500. The van der Waals surface area contributed by atoms with Crippen molar-refractivity contribution in [1.29, 1.82) is 0 Å². The molecule has 1 aromatic rings. The zero-order chi connectivity index (χ0) is 8.27. The van der Waals surface area contributed by atoms with Crippen LogP contribution in [0.4, 0.5) is 4.79 Å². The van der Waals surface area contributed by atoms with Gasteiger partial charge in [-0.3, -0.25) is 0 Å². The maximum Gasteiger partial charge on any atom is 0.436 e. The molecule has 60 valence electrons. The summed E-state index contributed by atoms with van der Waals surface area (Å²) >= 11 is 0. The van der Waals surface area contributed by atoms with E-state index in [0.29, 0.717) is 12.3 Å². The first kappa shape index (κ1) is 7.71. The largest absolute Gasteiger partial charge is 0.448 e. The highest BCUT2D eigenvalue weighted by Crippen LogP contribution is 1.90. The van der Waals surface area contributed by atoms with Crippen molar-refractivity contribution in [1.82, 2.24) is 15.0 Å². The first-order chi connectivity index (χ1) is 5.24. The van der Waals surface area contributed by atoms with E-state index in [1.54, 1.807) is 13.8 Å². The lowest BCUT2D eigenvalue weighted by atomic mass is 10.6. The Morgan fingerprint density at radius 3 is 3.00 bits per heavy atom. The lowest BCUT2D eigenvalue weighted by molar-refractivity contribution is 0.150. The van der Waals surface area contributed by atoms with Gasteiger partial charge in [-0.1, -0.05) is 5.21 Å². The highest BCUT2D eigenvalue weighted by molar-refractivity contribution is 5.68. The Bertz CT molecular complexity index is 256. The van der Waals surface area contributed by atoms with Crippen LogP contribution in [0.15, 0.2) is 6.20 Å². The number of carbonyl (C=O) groups is 1. The molecule has 11 heavy (non-hydrogen) atoms. The van der Waals surface area contributed by atoms with Gasteiger partial charge in [0.05, 0.1) is 18.5 Å². The van der Waals surface area contributed by atoms with Gasteiger partial charge in [0.15, 0.2) is 0 Å². The highest BCUT2D eigenvalue weighted by Gasteiger charge is 2.05. The molecule has 0 N–H and O–H groups in total. The number of nitrogens with zero attached hydrogens (tertiary/aromatic N) is 3. The summed E-state index contributed by atoms with van der Waals surface area (Å²) in [6.45, 7) is 3.84. The Hall–Kier alpha value is -1.39. The van der Waals surface area contributed by atoms with Crippen LogP contribution in [0.3, 0.4) is 0 Å². The minimum atomic E-state index is -0.492. The summed E-state index contributed by atoms with van der Waals surface area (Å²) in [4.78, 5) is 10.9. The van der Waals surface area contributed by atoms with Crippen LogP contribution < -0.4 is 0 Å². The van der Waals surface area contributed by atoms with Gasteiger partial charge in [0.25, 0.3) is 0 Å². The summed E-state index contributed by atoms with van der Waals surface area (Å²) in [6.07, 6.45) is 1.02. The van der Waals surface area contributed by atoms with Crippen LogP contribution in [-0.4, -0.2) is 27.7 Å². The van der Waals surface area contributed by atoms with Crippen molar-refractivity contribution >= 4 is 6.09 Å². The maximum atomic E-state index is 10.9. The molecule has 5 nitrogen and oxygen atoms in total. The zero-order valence-corrected chi connectivity index (χ0v) is 6.44. The molecule has 0 aliphatic rings. The third kappa shape index (κ3) is 1.76. The van der Waals surface area contributed by atoms with Crippen LogP contribution in [-0.2, 0) is 4.74 Å². The molecule has 1 heterocycles. The number of hydrogen-bond donors (Lipinski definition) is 0. The number of rotatable bonds is 1. The predicted molar refractivity (Wildman–Crippen MR) is 37.2 cm³/mol. The van der Waals surface area contributed by atoms with Crippen molar-refractivity contribution in [3.8, 4) is 0 Å². The fourth-order valence-corrected chi connectivity index (χ4v) is 0.626. The van der Waals surface area contributed by atoms with E-state index in [4.69, 9.17) is 0 Å². The Kier molecular flexibility index (Phi) is 2.20. The molecular weight excluding hydrogens is 146 g/mol. The molecule has 5 heteroatoms. The lowest BCUT2D eigenvalue weighted by Gasteiger charge is -1.97. The van der Waals surface area contributed by atoms with E-state index in [9.17, 15) is 4.79 Å².